The third kappa shape index (κ3) is 2.03. The van der Waals surface area contributed by atoms with Gasteiger partial charge in [-0.3, -0.25) is 4.79 Å². The van der Waals surface area contributed by atoms with Crippen LogP contribution in [0.2, 0.25) is 0 Å². The molecule has 122 valence electrons. The third-order valence-corrected chi connectivity index (χ3v) is 7.44. The summed E-state index contributed by atoms with van der Waals surface area (Å²) in [5, 5.41) is 0. The Morgan fingerprint density at radius 3 is 2.30 bits per heavy atom. The molecule has 2 nitrogen and oxygen atoms in total. The number of para-hydroxylation sites is 1. The van der Waals surface area contributed by atoms with E-state index in [1.165, 1.54) is 50.5 Å². The van der Waals surface area contributed by atoms with E-state index in [0.717, 1.165) is 36.4 Å². The second-order valence-corrected chi connectivity index (χ2v) is 9.41. The summed E-state index contributed by atoms with van der Waals surface area (Å²) in [4.78, 5) is 13.5. The van der Waals surface area contributed by atoms with E-state index in [1.807, 2.05) is 4.90 Å². The molecule has 0 N–H and O–H groups in total. The average molecular weight is 309 g/mol. The molecule has 5 aliphatic rings. The first-order valence-electron chi connectivity index (χ1n) is 9.41. The van der Waals surface area contributed by atoms with Gasteiger partial charge in [0.05, 0.1) is 0 Å². The largest absolute Gasteiger partial charge is 0.314 e. The molecule has 23 heavy (non-hydrogen) atoms. The van der Waals surface area contributed by atoms with E-state index in [4.69, 9.17) is 0 Å². The maximum atomic E-state index is 11.5. The summed E-state index contributed by atoms with van der Waals surface area (Å²) < 4.78 is 0. The van der Waals surface area contributed by atoms with Crippen LogP contribution in [-0.4, -0.2) is 13.0 Å². The minimum Gasteiger partial charge on any atom is -0.314 e. The van der Waals surface area contributed by atoms with Gasteiger partial charge in [-0.05, 0) is 79.7 Å². The molecule has 0 radical (unpaired) electrons. The van der Waals surface area contributed by atoms with Gasteiger partial charge in [0.2, 0.25) is 6.41 Å². The highest BCUT2D eigenvalue weighted by atomic mass is 16.1. The Bertz CT molecular complexity index is 616. The highest BCUT2D eigenvalue weighted by molar-refractivity contribution is 5.81. The van der Waals surface area contributed by atoms with Gasteiger partial charge in [0, 0.05) is 17.6 Å². The van der Waals surface area contributed by atoms with Gasteiger partial charge in [0.25, 0.3) is 0 Å². The molecule has 1 aromatic rings. The monoisotopic (exact) mass is 309 g/mol. The standard InChI is InChI=1S/C21H27NO/c1-20(13-22(14-23)19-5-3-2-4-18(19)20)12-21-9-15-6-16(10-21)8-17(7-15)11-21/h2-5,14-17H,6-13H2,1H3. The first-order chi connectivity index (χ1) is 11.1. The number of benzene rings is 1. The third-order valence-electron chi connectivity index (χ3n) is 7.44. The SMILES string of the molecule is CC1(CC23CC4CC(CC(C4)C2)C3)CN(C=O)c2ccccc21. The van der Waals surface area contributed by atoms with Crippen LogP contribution in [0.3, 0.4) is 0 Å². The van der Waals surface area contributed by atoms with Crippen LogP contribution >= 0.6 is 0 Å². The van der Waals surface area contributed by atoms with Crippen LogP contribution in [0.5, 0.6) is 0 Å². The van der Waals surface area contributed by atoms with Crippen LogP contribution in [-0.2, 0) is 10.2 Å². The molecule has 1 unspecified atom stereocenters. The van der Waals surface area contributed by atoms with Crippen molar-refractivity contribution in [2.75, 3.05) is 11.4 Å². The molecule has 0 aromatic heterocycles. The van der Waals surface area contributed by atoms with Crippen LogP contribution in [0.25, 0.3) is 0 Å². The quantitative estimate of drug-likeness (QED) is 0.751. The minimum absolute atomic E-state index is 0.142. The summed E-state index contributed by atoms with van der Waals surface area (Å²) in [5.41, 5.74) is 3.26. The molecule has 2 heteroatoms. The Kier molecular flexibility index (Phi) is 2.82. The Labute approximate surface area is 139 Å². The van der Waals surface area contributed by atoms with E-state index in [0.29, 0.717) is 5.41 Å². The summed E-state index contributed by atoms with van der Waals surface area (Å²) in [6, 6.07) is 8.59. The van der Waals surface area contributed by atoms with E-state index in [1.54, 1.807) is 0 Å². The van der Waals surface area contributed by atoms with Gasteiger partial charge in [0.1, 0.15) is 0 Å². The second-order valence-electron chi connectivity index (χ2n) is 9.41. The van der Waals surface area contributed by atoms with Crippen molar-refractivity contribution in [3.05, 3.63) is 29.8 Å². The molecule has 0 saturated heterocycles. The number of amides is 1. The number of anilines is 1. The number of fused-ring (bicyclic) bond motifs is 1. The topological polar surface area (TPSA) is 20.3 Å². The number of rotatable bonds is 3. The fourth-order valence-electron chi connectivity index (χ4n) is 7.36. The predicted octanol–water partition coefficient (Wildman–Crippen LogP) is 4.53. The Balaban J connectivity index is 1.49. The van der Waals surface area contributed by atoms with Gasteiger partial charge in [-0.15, -0.1) is 0 Å². The van der Waals surface area contributed by atoms with E-state index in [2.05, 4.69) is 31.2 Å². The Hall–Kier alpha value is -1.31. The van der Waals surface area contributed by atoms with Gasteiger partial charge in [-0.25, -0.2) is 0 Å². The summed E-state index contributed by atoms with van der Waals surface area (Å²) in [6.45, 7) is 3.28. The van der Waals surface area contributed by atoms with Crippen LogP contribution in [0.15, 0.2) is 24.3 Å². The van der Waals surface area contributed by atoms with Crippen molar-refractivity contribution in [1.29, 1.82) is 0 Å². The van der Waals surface area contributed by atoms with Gasteiger partial charge < -0.3 is 4.90 Å². The van der Waals surface area contributed by atoms with Crippen LogP contribution in [0.4, 0.5) is 5.69 Å². The molecule has 4 bridgehead atoms. The van der Waals surface area contributed by atoms with Gasteiger partial charge >= 0.3 is 0 Å². The number of carbonyl (C=O) groups excluding carboxylic acids is 1. The first-order valence-corrected chi connectivity index (χ1v) is 9.41. The Morgan fingerprint density at radius 1 is 1.09 bits per heavy atom. The summed E-state index contributed by atoms with van der Waals surface area (Å²) >= 11 is 0. The molecule has 4 saturated carbocycles. The highest BCUT2D eigenvalue weighted by Crippen LogP contribution is 2.64. The molecular formula is C21H27NO. The lowest BCUT2D eigenvalue weighted by molar-refractivity contribution is -0.107. The van der Waals surface area contributed by atoms with Gasteiger partial charge in [-0.1, -0.05) is 25.1 Å². The fourth-order valence-corrected chi connectivity index (χ4v) is 7.36. The molecule has 4 fully saturated rings. The van der Waals surface area contributed by atoms with Crippen LogP contribution in [0, 0.1) is 23.2 Å². The van der Waals surface area contributed by atoms with Gasteiger partial charge in [-0.2, -0.15) is 0 Å². The molecule has 1 aliphatic heterocycles. The normalized spacial score (nSPS) is 43.7. The van der Waals surface area contributed by atoms with Crippen molar-refractivity contribution in [3.8, 4) is 0 Å². The predicted molar refractivity (Wildman–Crippen MR) is 92.4 cm³/mol. The average Bonchev–Trinajstić information content (AvgIpc) is 2.78. The second kappa shape index (κ2) is 4.62. The molecule has 0 spiro atoms. The van der Waals surface area contributed by atoms with Crippen LogP contribution < -0.4 is 4.90 Å². The first kappa shape index (κ1) is 14.1. The zero-order valence-electron chi connectivity index (χ0n) is 14.1. The number of hydrogen-bond donors (Lipinski definition) is 0. The molecule has 1 atom stereocenters. The van der Waals surface area contributed by atoms with Crippen molar-refractivity contribution in [2.45, 2.75) is 57.3 Å². The maximum absolute atomic E-state index is 11.5. The van der Waals surface area contributed by atoms with Crippen molar-refractivity contribution in [3.63, 3.8) is 0 Å². The lowest BCUT2D eigenvalue weighted by Crippen LogP contribution is -2.49. The molecule has 6 rings (SSSR count). The Morgan fingerprint density at radius 2 is 1.70 bits per heavy atom. The van der Waals surface area contributed by atoms with E-state index >= 15 is 0 Å². The maximum Gasteiger partial charge on any atom is 0.214 e. The summed E-state index contributed by atoms with van der Waals surface area (Å²) in [7, 11) is 0. The van der Waals surface area contributed by atoms with E-state index < -0.39 is 0 Å². The zero-order chi connectivity index (χ0) is 15.7. The zero-order valence-corrected chi connectivity index (χ0v) is 14.1. The summed E-state index contributed by atoms with van der Waals surface area (Å²) in [6.07, 6.45) is 11.2. The molecule has 1 aromatic carbocycles. The van der Waals surface area contributed by atoms with Gasteiger partial charge in [0.15, 0.2) is 0 Å². The molecular weight excluding hydrogens is 282 g/mol. The van der Waals surface area contributed by atoms with Crippen molar-refractivity contribution in [2.24, 2.45) is 23.2 Å². The van der Waals surface area contributed by atoms with Crippen LogP contribution in [0.1, 0.15) is 57.4 Å². The lowest BCUT2D eigenvalue weighted by atomic mass is 9.47. The van der Waals surface area contributed by atoms with E-state index in [9.17, 15) is 4.79 Å². The lowest BCUT2D eigenvalue weighted by Gasteiger charge is -2.58. The fraction of sp³-hybridized carbons (Fsp3) is 0.667. The molecule has 4 aliphatic carbocycles. The molecule has 1 amide bonds. The minimum atomic E-state index is 0.142. The van der Waals surface area contributed by atoms with Crippen molar-refractivity contribution in [1.82, 2.24) is 0 Å². The van der Waals surface area contributed by atoms with Crippen molar-refractivity contribution < 1.29 is 4.79 Å². The summed E-state index contributed by atoms with van der Waals surface area (Å²) in [5.74, 6) is 3.01. The van der Waals surface area contributed by atoms with E-state index in [-0.39, 0.29) is 5.41 Å². The highest BCUT2D eigenvalue weighted by Gasteiger charge is 2.54. The van der Waals surface area contributed by atoms with Crippen molar-refractivity contribution >= 4 is 12.1 Å². The smallest absolute Gasteiger partial charge is 0.214 e. The molecule has 1 heterocycles. The number of carbonyl (C=O) groups is 1. The number of nitrogens with zero attached hydrogens (tertiary/aromatic N) is 1. The number of hydrogen-bond acceptors (Lipinski definition) is 1.